The number of aromatic amines is 2. The molecule has 6 aromatic rings. The maximum absolute atomic E-state index is 5.01. The van der Waals surface area contributed by atoms with Crippen molar-refractivity contribution in [2.45, 2.75) is 32.7 Å². The molecular formula is C29H27N7S. The van der Waals surface area contributed by atoms with E-state index < -0.39 is 0 Å². The summed E-state index contributed by atoms with van der Waals surface area (Å²) in [6, 6.07) is 15.0. The first-order valence-electron chi connectivity index (χ1n) is 12.8. The standard InChI is InChI=1S/C29H27N7S/c1-18-8-9-25(37-18)22-6-5-7-24-26(22)33-29(32-24)27-23-13-21(16-31-28(23)35-34-27)20-12-19(14-30-15-20)17-36-10-3-2-4-11-36/h5-9,12-16H,2-4,10-11,17H2,1H3,(H,32,33)(H,31,34,35). The van der Waals surface area contributed by atoms with E-state index in [1.807, 2.05) is 18.6 Å². The number of rotatable bonds is 5. The highest BCUT2D eigenvalue weighted by Crippen LogP contribution is 2.35. The highest BCUT2D eigenvalue weighted by molar-refractivity contribution is 7.15. The number of pyridine rings is 2. The predicted octanol–water partition coefficient (Wildman–Crippen LogP) is 6.59. The van der Waals surface area contributed by atoms with Gasteiger partial charge in [0.15, 0.2) is 11.5 Å². The lowest BCUT2D eigenvalue weighted by atomic mass is 10.1. The molecule has 0 bridgehead atoms. The van der Waals surface area contributed by atoms with E-state index in [-0.39, 0.29) is 0 Å². The Morgan fingerprint density at radius 2 is 1.86 bits per heavy atom. The number of aromatic nitrogens is 6. The molecule has 1 aromatic carbocycles. The third-order valence-corrected chi connectivity index (χ3v) is 8.18. The van der Waals surface area contributed by atoms with Gasteiger partial charge in [-0.2, -0.15) is 5.10 Å². The van der Waals surface area contributed by atoms with Gasteiger partial charge in [0, 0.05) is 51.6 Å². The number of piperidine rings is 1. The summed E-state index contributed by atoms with van der Waals surface area (Å²) in [6.45, 7) is 5.41. The maximum atomic E-state index is 5.01. The molecule has 1 aliphatic rings. The van der Waals surface area contributed by atoms with Gasteiger partial charge in [-0.3, -0.25) is 15.0 Å². The molecule has 0 atom stereocenters. The average Bonchev–Trinajstić information content (AvgIpc) is 3.66. The van der Waals surface area contributed by atoms with Crippen LogP contribution < -0.4 is 0 Å². The fourth-order valence-corrected chi connectivity index (χ4v) is 6.17. The van der Waals surface area contributed by atoms with Crippen LogP contribution in [0.25, 0.3) is 55.2 Å². The van der Waals surface area contributed by atoms with Gasteiger partial charge in [-0.1, -0.05) is 18.6 Å². The third-order valence-electron chi connectivity index (χ3n) is 7.15. The summed E-state index contributed by atoms with van der Waals surface area (Å²) in [5.41, 5.74) is 7.93. The highest BCUT2D eigenvalue weighted by atomic mass is 32.1. The van der Waals surface area contributed by atoms with E-state index in [1.54, 1.807) is 11.3 Å². The summed E-state index contributed by atoms with van der Waals surface area (Å²) >= 11 is 1.78. The molecular weight excluding hydrogens is 478 g/mol. The van der Waals surface area contributed by atoms with Crippen molar-refractivity contribution in [2.75, 3.05) is 13.1 Å². The van der Waals surface area contributed by atoms with Gasteiger partial charge >= 0.3 is 0 Å². The number of imidazole rings is 1. The molecule has 7 nitrogen and oxygen atoms in total. The predicted molar refractivity (Wildman–Crippen MR) is 149 cm³/mol. The molecule has 6 heterocycles. The van der Waals surface area contributed by atoms with Gasteiger partial charge in [-0.15, -0.1) is 11.3 Å². The zero-order valence-corrected chi connectivity index (χ0v) is 21.5. The third kappa shape index (κ3) is 4.22. The van der Waals surface area contributed by atoms with E-state index in [0.717, 1.165) is 51.2 Å². The molecule has 0 amide bonds. The fourth-order valence-electron chi connectivity index (χ4n) is 5.27. The molecule has 37 heavy (non-hydrogen) atoms. The van der Waals surface area contributed by atoms with Crippen LogP contribution in [-0.2, 0) is 6.54 Å². The van der Waals surface area contributed by atoms with Crippen LogP contribution in [0, 0.1) is 6.92 Å². The Labute approximate surface area is 218 Å². The first kappa shape index (κ1) is 22.3. The minimum absolute atomic E-state index is 0.672. The van der Waals surface area contributed by atoms with Crippen LogP contribution in [0.4, 0.5) is 0 Å². The number of aryl methyl sites for hydroxylation is 1. The van der Waals surface area contributed by atoms with Crippen LogP contribution in [0.15, 0.2) is 61.1 Å². The lowest BCUT2D eigenvalue weighted by Crippen LogP contribution is -2.29. The molecule has 184 valence electrons. The number of hydrogen-bond acceptors (Lipinski definition) is 6. The number of para-hydroxylation sites is 1. The van der Waals surface area contributed by atoms with Crippen molar-refractivity contribution in [3.8, 4) is 33.1 Å². The molecule has 5 aromatic heterocycles. The Balaban J connectivity index is 1.26. The molecule has 1 fully saturated rings. The van der Waals surface area contributed by atoms with Crippen LogP contribution in [0.2, 0.25) is 0 Å². The van der Waals surface area contributed by atoms with E-state index in [4.69, 9.17) is 4.98 Å². The summed E-state index contributed by atoms with van der Waals surface area (Å²) in [7, 11) is 0. The number of nitrogens with one attached hydrogen (secondary N) is 2. The molecule has 0 radical (unpaired) electrons. The van der Waals surface area contributed by atoms with Crippen molar-refractivity contribution < 1.29 is 0 Å². The number of fused-ring (bicyclic) bond motifs is 2. The van der Waals surface area contributed by atoms with Gasteiger partial charge < -0.3 is 4.98 Å². The van der Waals surface area contributed by atoms with Gasteiger partial charge in [-0.05, 0) is 68.8 Å². The molecule has 1 saturated heterocycles. The SMILES string of the molecule is Cc1ccc(-c2cccc3[nH]c(-c4[nH]nc5ncc(-c6cncc(CN7CCCCC7)c6)cc45)nc23)s1. The lowest BCUT2D eigenvalue weighted by Gasteiger charge is -2.26. The fraction of sp³-hybridized carbons (Fsp3) is 0.241. The summed E-state index contributed by atoms with van der Waals surface area (Å²) in [5, 5.41) is 8.57. The van der Waals surface area contributed by atoms with Crippen LogP contribution in [0.3, 0.4) is 0 Å². The van der Waals surface area contributed by atoms with Gasteiger partial charge in [0.2, 0.25) is 0 Å². The zero-order chi connectivity index (χ0) is 24.8. The Morgan fingerprint density at radius 1 is 0.973 bits per heavy atom. The molecule has 8 heteroatoms. The molecule has 0 spiro atoms. The number of hydrogen-bond donors (Lipinski definition) is 2. The lowest BCUT2D eigenvalue weighted by molar-refractivity contribution is 0.220. The normalized spacial score (nSPS) is 14.6. The number of thiophene rings is 1. The number of nitrogens with zero attached hydrogens (tertiary/aromatic N) is 5. The monoisotopic (exact) mass is 505 g/mol. The Hall–Kier alpha value is -3.88. The second kappa shape index (κ2) is 9.21. The Morgan fingerprint density at radius 3 is 2.73 bits per heavy atom. The molecule has 0 saturated carbocycles. The van der Waals surface area contributed by atoms with E-state index in [9.17, 15) is 0 Å². The smallest absolute Gasteiger partial charge is 0.181 e. The average molecular weight is 506 g/mol. The van der Waals surface area contributed by atoms with Crippen molar-refractivity contribution in [1.29, 1.82) is 0 Å². The summed E-state index contributed by atoms with van der Waals surface area (Å²) in [5.74, 6) is 0.758. The van der Waals surface area contributed by atoms with Crippen molar-refractivity contribution in [1.82, 2.24) is 35.0 Å². The van der Waals surface area contributed by atoms with Crippen molar-refractivity contribution in [3.63, 3.8) is 0 Å². The second-order valence-electron chi connectivity index (χ2n) is 9.81. The van der Waals surface area contributed by atoms with Gasteiger partial charge in [0.05, 0.1) is 16.4 Å². The quantitative estimate of drug-likeness (QED) is 0.276. The zero-order valence-electron chi connectivity index (χ0n) is 20.7. The summed E-state index contributed by atoms with van der Waals surface area (Å²) in [4.78, 5) is 22.7. The largest absolute Gasteiger partial charge is 0.337 e. The number of likely N-dealkylation sites (tertiary alicyclic amines) is 1. The Bertz CT molecular complexity index is 1720. The van der Waals surface area contributed by atoms with E-state index >= 15 is 0 Å². The van der Waals surface area contributed by atoms with Crippen LogP contribution in [0.1, 0.15) is 29.7 Å². The molecule has 0 aliphatic carbocycles. The van der Waals surface area contributed by atoms with Crippen LogP contribution in [0.5, 0.6) is 0 Å². The topological polar surface area (TPSA) is 86.4 Å². The first-order valence-corrected chi connectivity index (χ1v) is 13.6. The highest BCUT2D eigenvalue weighted by Gasteiger charge is 2.17. The second-order valence-corrected chi connectivity index (χ2v) is 11.1. The summed E-state index contributed by atoms with van der Waals surface area (Å²) < 4.78 is 0. The van der Waals surface area contributed by atoms with Gasteiger partial charge in [-0.25, -0.2) is 9.97 Å². The van der Waals surface area contributed by atoms with Crippen molar-refractivity contribution in [3.05, 3.63) is 71.5 Å². The number of benzene rings is 1. The molecule has 1 aliphatic heterocycles. The Kier molecular flexibility index (Phi) is 5.56. The summed E-state index contributed by atoms with van der Waals surface area (Å²) in [6.07, 6.45) is 9.69. The maximum Gasteiger partial charge on any atom is 0.181 e. The van der Waals surface area contributed by atoms with Gasteiger partial charge in [0.1, 0.15) is 5.69 Å². The first-order chi connectivity index (χ1) is 18.2. The molecule has 0 unspecified atom stereocenters. The van der Waals surface area contributed by atoms with E-state index in [1.165, 1.54) is 47.7 Å². The minimum atomic E-state index is 0.672. The van der Waals surface area contributed by atoms with Crippen molar-refractivity contribution in [2.24, 2.45) is 0 Å². The van der Waals surface area contributed by atoms with E-state index in [2.05, 4.69) is 79.4 Å². The van der Waals surface area contributed by atoms with Crippen molar-refractivity contribution >= 4 is 33.4 Å². The number of H-pyrrole nitrogens is 2. The van der Waals surface area contributed by atoms with E-state index in [0.29, 0.717) is 5.65 Å². The van der Waals surface area contributed by atoms with Crippen LogP contribution >= 0.6 is 11.3 Å². The van der Waals surface area contributed by atoms with Gasteiger partial charge in [0.25, 0.3) is 0 Å². The molecule has 2 N–H and O–H groups in total. The molecule has 7 rings (SSSR count). The van der Waals surface area contributed by atoms with Crippen LogP contribution in [-0.4, -0.2) is 48.1 Å². The minimum Gasteiger partial charge on any atom is -0.337 e.